The SMILES string of the molecule is CCCCN(CCCl)C(=O)c1cc(Cl)ccc1Cl. The summed E-state index contributed by atoms with van der Waals surface area (Å²) in [6.45, 7) is 3.28. The van der Waals surface area contributed by atoms with Gasteiger partial charge in [0.2, 0.25) is 0 Å². The summed E-state index contributed by atoms with van der Waals surface area (Å²) in [7, 11) is 0. The van der Waals surface area contributed by atoms with Crippen LogP contribution in [-0.2, 0) is 0 Å². The lowest BCUT2D eigenvalue weighted by Gasteiger charge is -2.22. The third kappa shape index (κ3) is 4.34. The zero-order valence-corrected chi connectivity index (χ0v) is 12.5. The van der Waals surface area contributed by atoms with Crippen molar-refractivity contribution in [2.75, 3.05) is 19.0 Å². The van der Waals surface area contributed by atoms with Gasteiger partial charge < -0.3 is 4.90 Å². The van der Waals surface area contributed by atoms with Crippen molar-refractivity contribution in [3.63, 3.8) is 0 Å². The van der Waals surface area contributed by atoms with Crippen molar-refractivity contribution in [3.05, 3.63) is 33.8 Å². The molecule has 100 valence electrons. The molecule has 0 saturated carbocycles. The third-order valence-corrected chi connectivity index (χ3v) is 3.32. The molecule has 0 saturated heterocycles. The van der Waals surface area contributed by atoms with E-state index in [9.17, 15) is 4.79 Å². The summed E-state index contributed by atoms with van der Waals surface area (Å²) in [5.74, 6) is 0.296. The first kappa shape index (κ1) is 15.6. The highest BCUT2D eigenvalue weighted by Gasteiger charge is 2.17. The van der Waals surface area contributed by atoms with E-state index in [0.29, 0.717) is 34.6 Å². The van der Waals surface area contributed by atoms with Crippen molar-refractivity contribution in [1.82, 2.24) is 4.90 Å². The Bertz CT molecular complexity index is 409. The van der Waals surface area contributed by atoms with Crippen LogP contribution >= 0.6 is 34.8 Å². The van der Waals surface area contributed by atoms with Gasteiger partial charge in [0.25, 0.3) is 5.91 Å². The van der Waals surface area contributed by atoms with Crippen LogP contribution in [0.4, 0.5) is 0 Å². The van der Waals surface area contributed by atoms with E-state index in [2.05, 4.69) is 6.92 Å². The lowest BCUT2D eigenvalue weighted by Crippen LogP contribution is -2.33. The van der Waals surface area contributed by atoms with Crippen molar-refractivity contribution in [2.45, 2.75) is 19.8 Å². The molecule has 1 aromatic carbocycles. The van der Waals surface area contributed by atoms with Crippen molar-refractivity contribution in [2.24, 2.45) is 0 Å². The molecule has 0 bridgehead atoms. The number of carbonyl (C=O) groups excluding carboxylic acids is 1. The van der Waals surface area contributed by atoms with Gasteiger partial charge >= 0.3 is 0 Å². The van der Waals surface area contributed by atoms with Crippen molar-refractivity contribution in [3.8, 4) is 0 Å². The van der Waals surface area contributed by atoms with E-state index >= 15 is 0 Å². The Morgan fingerprint density at radius 1 is 1.28 bits per heavy atom. The number of carbonyl (C=O) groups is 1. The van der Waals surface area contributed by atoms with Gasteiger partial charge in [-0.15, -0.1) is 11.6 Å². The van der Waals surface area contributed by atoms with Gasteiger partial charge in [0.15, 0.2) is 0 Å². The molecule has 1 rings (SSSR count). The fourth-order valence-electron chi connectivity index (χ4n) is 1.60. The maximum absolute atomic E-state index is 12.3. The van der Waals surface area contributed by atoms with Gasteiger partial charge in [0.1, 0.15) is 0 Å². The maximum atomic E-state index is 12.3. The van der Waals surface area contributed by atoms with Gasteiger partial charge in [-0.1, -0.05) is 36.5 Å². The monoisotopic (exact) mass is 307 g/mol. The van der Waals surface area contributed by atoms with Crippen LogP contribution in [-0.4, -0.2) is 29.8 Å². The second kappa shape index (κ2) is 7.88. The molecule has 0 heterocycles. The van der Waals surface area contributed by atoms with E-state index in [0.717, 1.165) is 12.8 Å². The highest BCUT2D eigenvalue weighted by molar-refractivity contribution is 6.35. The summed E-state index contributed by atoms with van der Waals surface area (Å²) in [5, 5.41) is 0.921. The number of hydrogen-bond donors (Lipinski definition) is 0. The van der Waals surface area contributed by atoms with E-state index < -0.39 is 0 Å². The summed E-state index contributed by atoms with van der Waals surface area (Å²) in [6.07, 6.45) is 1.97. The molecule has 0 radical (unpaired) electrons. The smallest absolute Gasteiger partial charge is 0.255 e. The van der Waals surface area contributed by atoms with Crippen LogP contribution in [0.1, 0.15) is 30.1 Å². The first-order valence-corrected chi connectivity index (χ1v) is 7.19. The summed E-state index contributed by atoms with van der Waals surface area (Å²) >= 11 is 17.6. The summed E-state index contributed by atoms with van der Waals surface area (Å²) in [5.41, 5.74) is 0.436. The topological polar surface area (TPSA) is 20.3 Å². The zero-order valence-electron chi connectivity index (χ0n) is 10.3. The van der Waals surface area contributed by atoms with Gasteiger partial charge in [-0.3, -0.25) is 4.79 Å². The average molecular weight is 309 g/mol. The number of benzene rings is 1. The molecule has 0 unspecified atom stereocenters. The van der Waals surface area contributed by atoms with Gasteiger partial charge in [-0.25, -0.2) is 0 Å². The summed E-state index contributed by atoms with van der Waals surface area (Å²) < 4.78 is 0. The van der Waals surface area contributed by atoms with Crippen molar-refractivity contribution < 1.29 is 4.79 Å². The Morgan fingerprint density at radius 3 is 2.61 bits per heavy atom. The molecule has 2 nitrogen and oxygen atoms in total. The predicted molar refractivity (Wildman–Crippen MR) is 78.0 cm³/mol. The molecule has 0 aliphatic rings. The molecule has 0 aliphatic heterocycles. The normalized spacial score (nSPS) is 10.4. The van der Waals surface area contributed by atoms with Crippen LogP contribution in [0, 0.1) is 0 Å². The van der Waals surface area contributed by atoms with Crippen molar-refractivity contribution >= 4 is 40.7 Å². The number of nitrogens with zero attached hydrogens (tertiary/aromatic N) is 1. The Morgan fingerprint density at radius 2 is 2.00 bits per heavy atom. The molecule has 0 spiro atoms. The Balaban J connectivity index is 2.90. The van der Waals surface area contributed by atoms with Gasteiger partial charge in [-0.2, -0.15) is 0 Å². The fraction of sp³-hybridized carbons (Fsp3) is 0.462. The third-order valence-electron chi connectivity index (χ3n) is 2.58. The highest BCUT2D eigenvalue weighted by atomic mass is 35.5. The van der Waals surface area contributed by atoms with Crippen LogP contribution in [0.5, 0.6) is 0 Å². The largest absolute Gasteiger partial charge is 0.337 e. The molecular weight excluding hydrogens is 293 g/mol. The summed E-state index contributed by atoms with van der Waals surface area (Å²) in [4.78, 5) is 14.1. The molecule has 0 aliphatic carbocycles. The number of amides is 1. The molecule has 0 N–H and O–H groups in total. The van der Waals surface area contributed by atoms with E-state index in [1.165, 1.54) is 0 Å². The lowest BCUT2D eigenvalue weighted by molar-refractivity contribution is 0.0763. The molecule has 5 heteroatoms. The molecule has 1 aromatic rings. The van der Waals surface area contributed by atoms with E-state index in [4.69, 9.17) is 34.8 Å². The molecular formula is C13H16Cl3NO. The Labute approximate surface area is 123 Å². The lowest BCUT2D eigenvalue weighted by atomic mass is 10.2. The average Bonchev–Trinajstić information content (AvgIpc) is 2.36. The molecule has 0 fully saturated rings. The summed E-state index contributed by atoms with van der Waals surface area (Å²) in [6, 6.07) is 4.90. The number of rotatable bonds is 6. The van der Waals surface area contributed by atoms with Crippen molar-refractivity contribution in [1.29, 1.82) is 0 Å². The Hall–Kier alpha value is -0.440. The van der Waals surface area contributed by atoms with E-state index in [1.807, 2.05) is 0 Å². The van der Waals surface area contributed by atoms with Crippen LogP contribution in [0.3, 0.4) is 0 Å². The first-order valence-electron chi connectivity index (χ1n) is 5.90. The van der Waals surface area contributed by atoms with E-state index in [-0.39, 0.29) is 5.91 Å². The minimum absolute atomic E-state index is 0.114. The number of unbranched alkanes of at least 4 members (excludes halogenated alkanes) is 1. The second-order valence-electron chi connectivity index (χ2n) is 3.96. The number of hydrogen-bond acceptors (Lipinski definition) is 1. The first-order chi connectivity index (χ1) is 8.60. The minimum atomic E-state index is -0.114. The van der Waals surface area contributed by atoms with Crippen LogP contribution in [0.2, 0.25) is 10.0 Å². The molecule has 1 amide bonds. The minimum Gasteiger partial charge on any atom is -0.337 e. The van der Waals surface area contributed by atoms with Gasteiger partial charge in [0.05, 0.1) is 10.6 Å². The van der Waals surface area contributed by atoms with Crippen LogP contribution in [0.25, 0.3) is 0 Å². The number of halogens is 3. The van der Waals surface area contributed by atoms with Crippen LogP contribution in [0.15, 0.2) is 18.2 Å². The Kier molecular flexibility index (Phi) is 6.83. The zero-order chi connectivity index (χ0) is 13.5. The standard InChI is InChI=1S/C13H16Cl3NO/c1-2-3-7-17(8-6-14)13(18)11-9-10(15)4-5-12(11)16/h4-5,9H,2-3,6-8H2,1H3. The molecule has 0 aromatic heterocycles. The molecule has 18 heavy (non-hydrogen) atoms. The van der Waals surface area contributed by atoms with E-state index in [1.54, 1.807) is 23.1 Å². The quantitative estimate of drug-likeness (QED) is 0.710. The van der Waals surface area contributed by atoms with Gasteiger partial charge in [-0.05, 0) is 24.6 Å². The van der Waals surface area contributed by atoms with Crippen LogP contribution < -0.4 is 0 Å². The predicted octanol–water partition coefficient (Wildman–Crippen LogP) is 4.47. The fourth-order valence-corrected chi connectivity index (χ4v) is 2.17. The maximum Gasteiger partial charge on any atom is 0.255 e. The number of alkyl halides is 1. The second-order valence-corrected chi connectivity index (χ2v) is 5.18. The highest BCUT2D eigenvalue weighted by Crippen LogP contribution is 2.22. The molecule has 0 atom stereocenters. The van der Waals surface area contributed by atoms with Gasteiger partial charge in [0, 0.05) is 24.0 Å².